The molecule has 1 heterocycles. The summed E-state index contributed by atoms with van der Waals surface area (Å²) in [6.45, 7) is 4.05. The molecule has 0 spiro atoms. The number of benzene rings is 1. The van der Waals surface area contributed by atoms with Crippen LogP contribution in [0.5, 0.6) is 0 Å². The van der Waals surface area contributed by atoms with Gasteiger partial charge in [0.2, 0.25) is 0 Å². The van der Waals surface area contributed by atoms with E-state index < -0.39 is 0 Å². The van der Waals surface area contributed by atoms with E-state index in [1.54, 1.807) is 0 Å². The van der Waals surface area contributed by atoms with Gasteiger partial charge in [-0.15, -0.1) is 0 Å². The molecule has 2 N–H and O–H groups in total. The summed E-state index contributed by atoms with van der Waals surface area (Å²) in [5.41, 5.74) is 10.7. The number of nitrogens with zero attached hydrogens (tertiary/aromatic N) is 2. The molecular weight excluding hydrogens is 234 g/mol. The standard InChI is InChI=1S/C16H21N3/c1-3-16-14(11-12(2)18-19-16)15(17)10-9-13-7-5-4-6-8-13/h4-8,11,15H,3,9-10,17H2,1-2H3. The zero-order chi connectivity index (χ0) is 13.7. The van der Waals surface area contributed by atoms with Gasteiger partial charge in [-0.25, -0.2) is 0 Å². The van der Waals surface area contributed by atoms with E-state index in [-0.39, 0.29) is 6.04 Å². The van der Waals surface area contributed by atoms with Crippen LogP contribution in [-0.4, -0.2) is 10.2 Å². The molecule has 0 aliphatic heterocycles. The fraction of sp³-hybridized carbons (Fsp3) is 0.375. The second kappa shape index (κ2) is 6.43. The minimum atomic E-state index is 0.0318. The van der Waals surface area contributed by atoms with Crippen molar-refractivity contribution in [2.75, 3.05) is 0 Å². The molecule has 1 aromatic carbocycles. The van der Waals surface area contributed by atoms with Crippen molar-refractivity contribution in [2.45, 2.75) is 39.2 Å². The molecule has 3 heteroatoms. The van der Waals surface area contributed by atoms with Crippen molar-refractivity contribution in [3.8, 4) is 0 Å². The molecule has 0 aliphatic carbocycles. The van der Waals surface area contributed by atoms with E-state index in [2.05, 4.69) is 47.5 Å². The Balaban J connectivity index is 2.07. The predicted molar refractivity (Wildman–Crippen MR) is 77.8 cm³/mol. The average molecular weight is 255 g/mol. The van der Waals surface area contributed by atoms with Gasteiger partial charge in [-0.05, 0) is 43.4 Å². The van der Waals surface area contributed by atoms with Gasteiger partial charge in [0.25, 0.3) is 0 Å². The lowest BCUT2D eigenvalue weighted by Gasteiger charge is -2.15. The van der Waals surface area contributed by atoms with Gasteiger partial charge in [-0.1, -0.05) is 37.3 Å². The number of hydrogen-bond donors (Lipinski definition) is 1. The highest BCUT2D eigenvalue weighted by Crippen LogP contribution is 2.20. The smallest absolute Gasteiger partial charge is 0.0676 e. The Kier molecular flexibility index (Phi) is 4.63. The van der Waals surface area contributed by atoms with Crippen LogP contribution in [-0.2, 0) is 12.8 Å². The fourth-order valence-corrected chi connectivity index (χ4v) is 2.25. The molecule has 19 heavy (non-hydrogen) atoms. The first-order valence-corrected chi connectivity index (χ1v) is 6.83. The molecule has 0 fully saturated rings. The normalized spacial score (nSPS) is 12.4. The van der Waals surface area contributed by atoms with Crippen molar-refractivity contribution in [2.24, 2.45) is 5.73 Å². The monoisotopic (exact) mass is 255 g/mol. The van der Waals surface area contributed by atoms with Crippen molar-refractivity contribution in [3.63, 3.8) is 0 Å². The Bertz CT molecular complexity index is 523. The topological polar surface area (TPSA) is 51.8 Å². The quantitative estimate of drug-likeness (QED) is 0.893. The van der Waals surface area contributed by atoms with Gasteiger partial charge in [-0.3, -0.25) is 0 Å². The zero-order valence-electron chi connectivity index (χ0n) is 11.6. The molecule has 1 unspecified atom stereocenters. The summed E-state index contributed by atoms with van der Waals surface area (Å²) in [5, 5.41) is 8.35. The summed E-state index contributed by atoms with van der Waals surface area (Å²) < 4.78 is 0. The molecule has 2 aromatic rings. The molecule has 0 bridgehead atoms. The predicted octanol–water partition coefficient (Wildman–Crippen LogP) is 2.98. The summed E-state index contributed by atoms with van der Waals surface area (Å²) in [6, 6.07) is 12.6. The van der Waals surface area contributed by atoms with Crippen LogP contribution in [0.2, 0.25) is 0 Å². The highest BCUT2D eigenvalue weighted by molar-refractivity contribution is 5.25. The maximum atomic E-state index is 6.32. The summed E-state index contributed by atoms with van der Waals surface area (Å²) in [6.07, 6.45) is 2.80. The van der Waals surface area contributed by atoms with Crippen LogP contribution in [0.15, 0.2) is 36.4 Å². The molecule has 0 amide bonds. The van der Waals surface area contributed by atoms with Gasteiger partial charge in [0.15, 0.2) is 0 Å². The second-order valence-electron chi connectivity index (χ2n) is 4.87. The van der Waals surface area contributed by atoms with Crippen molar-refractivity contribution < 1.29 is 0 Å². The first-order chi connectivity index (χ1) is 9.20. The molecule has 2 rings (SSSR count). The molecule has 0 saturated carbocycles. The van der Waals surface area contributed by atoms with E-state index in [4.69, 9.17) is 5.73 Å². The lowest BCUT2D eigenvalue weighted by Crippen LogP contribution is -2.15. The summed E-state index contributed by atoms with van der Waals surface area (Å²) in [7, 11) is 0. The van der Waals surface area contributed by atoms with E-state index in [9.17, 15) is 0 Å². The minimum absolute atomic E-state index is 0.0318. The Morgan fingerprint density at radius 2 is 1.89 bits per heavy atom. The third-order valence-corrected chi connectivity index (χ3v) is 3.35. The largest absolute Gasteiger partial charge is 0.324 e. The molecule has 0 aliphatic rings. The number of hydrogen-bond acceptors (Lipinski definition) is 3. The fourth-order valence-electron chi connectivity index (χ4n) is 2.25. The third-order valence-electron chi connectivity index (χ3n) is 3.35. The molecule has 1 aromatic heterocycles. The van der Waals surface area contributed by atoms with Crippen LogP contribution in [0.1, 0.15) is 41.9 Å². The van der Waals surface area contributed by atoms with Gasteiger partial charge in [0, 0.05) is 6.04 Å². The van der Waals surface area contributed by atoms with Crippen LogP contribution in [0.4, 0.5) is 0 Å². The van der Waals surface area contributed by atoms with Crippen molar-refractivity contribution in [1.29, 1.82) is 0 Å². The second-order valence-corrected chi connectivity index (χ2v) is 4.87. The van der Waals surface area contributed by atoms with E-state index in [0.29, 0.717) is 0 Å². The maximum Gasteiger partial charge on any atom is 0.0676 e. The molecular formula is C16H21N3. The zero-order valence-corrected chi connectivity index (χ0v) is 11.6. The Morgan fingerprint density at radius 1 is 1.16 bits per heavy atom. The third kappa shape index (κ3) is 3.61. The van der Waals surface area contributed by atoms with E-state index in [1.165, 1.54) is 5.56 Å². The SMILES string of the molecule is CCc1nnc(C)cc1C(N)CCc1ccccc1. The van der Waals surface area contributed by atoms with Gasteiger partial charge >= 0.3 is 0 Å². The van der Waals surface area contributed by atoms with Crippen molar-refractivity contribution in [3.05, 3.63) is 58.9 Å². The molecule has 1 atom stereocenters. The molecule has 100 valence electrons. The number of aromatic nitrogens is 2. The van der Waals surface area contributed by atoms with Gasteiger partial charge in [0.1, 0.15) is 0 Å². The van der Waals surface area contributed by atoms with E-state index >= 15 is 0 Å². The highest BCUT2D eigenvalue weighted by Gasteiger charge is 2.12. The van der Waals surface area contributed by atoms with Crippen LogP contribution >= 0.6 is 0 Å². The summed E-state index contributed by atoms with van der Waals surface area (Å²) in [4.78, 5) is 0. The first-order valence-electron chi connectivity index (χ1n) is 6.83. The minimum Gasteiger partial charge on any atom is -0.324 e. The Morgan fingerprint density at radius 3 is 2.58 bits per heavy atom. The first kappa shape index (κ1) is 13.7. The number of rotatable bonds is 5. The van der Waals surface area contributed by atoms with Gasteiger partial charge in [-0.2, -0.15) is 10.2 Å². The molecule has 0 saturated heterocycles. The van der Waals surface area contributed by atoms with Gasteiger partial charge in [0.05, 0.1) is 11.4 Å². The van der Waals surface area contributed by atoms with Crippen molar-refractivity contribution >= 4 is 0 Å². The Hall–Kier alpha value is -1.74. The summed E-state index contributed by atoms with van der Waals surface area (Å²) in [5.74, 6) is 0. The lowest BCUT2D eigenvalue weighted by atomic mass is 9.97. The molecule has 0 radical (unpaired) electrons. The van der Waals surface area contributed by atoms with E-state index in [1.807, 2.05) is 13.0 Å². The maximum absolute atomic E-state index is 6.32. The lowest BCUT2D eigenvalue weighted by molar-refractivity contribution is 0.634. The number of nitrogens with two attached hydrogens (primary N) is 1. The van der Waals surface area contributed by atoms with Crippen LogP contribution < -0.4 is 5.73 Å². The molecule has 3 nitrogen and oxygen atoms in total. The van der Waals surface area contributed by atoms with Crippen LogP contribution in [0, 0.1) is 6.92 Å². The van der Waals surface area contributed by atoms with E-state index in [0.717, 1.165) is 36.2 Å². The van der Waals surface area contributed by atoms with Crippen LogP contribution in [0.25, 0.3) is 0 Å². The Labute approximate surface area is 114 Å². The van der Waals surface area contributed by atoms with Crippen molar-refractivity contribution in [1.82, 2.24) is 10.2 Å². The number of aryl methyl sites for hydroxylation is 3. The summed E-state index contributed by atoms with van der Waals surface area (Å²) >= 11 is 0. The van der Waals surface area contributed by atoms with Gasteiger partial charge < -0.3 is 5.73 Å². The van der Waals surface area contributed by atoms with Crippen LogP contribution in [0.3, 0.4) is 0 Å². The highest BCUT2D eigenvalue weighted by atomic mass is 15.1. The average Bonchev–Trinajstić information content (AvgIpc) is 2.46.